The molecular formula is C55H67N4O17+. The van der Waals surface area contributed by atoms with Crippen molar-refractivity contribution >= 4 is 41.4 Å². The first kappa shape index (κ1) is 56.2. The first-order valence-corrected chi connectivity index (χ1v) is 25.2. The van der Waals surface area contributed by atoms with E-state index in [4.69, 9.17) is 47.7 Å². The van der Waals surface area contributed by atoms with Crippen LogP contribution in [0.3, 0.4) is 0 Å². The molecule has 4 atom stereocenters. The van der Waals surface area contributed by atoms with Gasteiger partial charge in [0, 0.05) is 29.9 Å². The lowest BCUT2D eigenvalue weighted by atomic mass is 9.81. The SMILES string of the molecule is COc1cc(CC(=O)N2CCC(c3c(CCCC4=CC=CC(OCC(=O)NCCOCCOCCOc5cccc6c5C(=O)N(C5CCC(=O)NC5=O)C6=O)C4)ccc(OC)c3OC)C[C@H]2C(=O)[OH2+])cc(OC)c1OC. The highest BCUT2D eigenvalue weighted by Crippen LogP contribution is 2.45. The number of rotatable bonds is 27. The second-order valence-electron chi connectivity index (χ2n) is 18.4. The van der Waals surface area contributed by atoms with Crippen LogP contribution in [0.5, 0.6) is 34.5 Å². The number of aryl methyl sites for hydroxylation is 1. The fourth-order valence-corrected chi connectivity index (χ4v) is 10.1. The zero-order chi connectivity index (χ0) is 54.3. The van der Waals surface area contributed by atoms with Crippen LogP contribution in [0.2, 0.25) is 0 Å². The summed E-state index contributed by atoms with van der Waals surface area (Å²) in [6.45, 7) is 1.39. The predicted molar refractivity (Wildman–Crippen MR) is 273 cm³/mol. The van der Waals surface area contributed by atoms with Crippen molar-refractivity contribution in [3.05, 3.63) is 94.1 Å². The molecule has 4 aliphatic rings. The molecular weight excluding hydrogens is 989 g/mol. The van der Waals surface area contributed by atoms with E-state index in [0.717, 1.165) is 28.9 Å². The maximum Gasteiger partial charge on any atom is 0.538 e. The van der Waals surface area contributed by atoms with Gasteiger partial charge >= 0.3 is 5.97 Å². The van der Waals surface area contributed by atoms with Gasteiger partial charge in [0.1, 0.15) is 25.0 Å². The number of piperidine rings is 2. The van der Waals surface area contributed by atoms with Gasteiger partial charge in [0.25, 0.3) is 11.8 Å². The van der Waals surface area contributed by atoms with E-state index in [1.807, 2.05) is 24.3 Å². The number of hydrogen-bond acceptors (Lipinski definition) is 16. The van der Waals surface area contributed by atoms with Crippen LogP contribution in [0.15, 0.2) is 66.3 Å². The van der Waals surface area contributed by atoms with Crippen LogP contribution in [0, 0.1) is 0 Å². The van der Waals surface area contributed by atoms with Crippen LogP contribution in [0.4, 0.5) is 0 Å². The number of imide groups is 2. The Morgan fingerprint density at radius 2 is 1.51 bits per heavy atom. The number of likely N-dealkylation sites (tertiary alicyclic amines) is 1. The summed E-state index contributed by atoms with van der Waals surface area (Å²) in [5, 5.41) is 13.2. The molecule has 3 unspecified atom stereocenters. The van der Waals surface area contributed by atoms with Gasteiger partial charge in [0.15, 0.2) is 29.0 Å². The topological polar surface area (TPSA) is 256 Å². The van der Waals surface area contributed by atoms with Crippen LogP contribution >= 0.6 is 0 Å². The minimum atomic E-state index is -1.07. The Bertz CT molecular complexity index is 2680. The number of carbonyl (C=O) groups excluding carboxylic acids is 7. The summed E-state index contributed by atoms with van der Waals surface area (Å²) in [6.07, 6.45) is 9.36. The van der Waals surface area contributed by atoms with Gasteiger partial charge in [-0.25, -0.2) is 0 Å². The first-order valence-electron chi connectivity index (χ1n) is 25.2. The average Bonchev–Trinajstić information content (AvgIpc) is 3.69. The zero-order valence-electron chi connectivity index (χ0n) is 43.5. The van der Waals surface area contributed by atoms with Crippen molar-refractivity contribution in [1.82, 2.24) is 20.4 Å². The number of allylic oxidation sites excluding steroid dienone is 2. The van der Waals surface area contributed by atoms with Crippen molar-refractivity contribution in [2.45, 2.75) is 81.9 Å². The third-order valence-electron chi connectivity index (χ3n) is 13.7. The largest absolute Gasteiger partial charge is 0.563 e. The summed E-state index contributed by atoms with van der Waals surface area (Å²) in [5.41, 5.74) is 3.92. The first-order chi connectivity index (χ1) is 36.8. The predicted octanol–water partition coefficient (Wildman–Crippen LogP) is 3.52. The van der Waals surface area contributed by atoms with Crippen molar-refractivity contribution in [2.75, 3.05) is 88.3 Å². The molecule has 2 saturated heterocycles. The molecule has 2 fully saturated rings. The summed E-state index contributed by atoms with van der Waals surface area (Å²) in [4.78, 5) is 92.1. The summed E-state index contributed by atoms with van der Waals surface area (Å²) in [6, 6.07) is 9.90. The van der Waals surface area contributed by atoms with E-state index < -0.39 is 41.7 Å². The normalized spacial score (nSPS) is 19.1. The molecule has 21 heteroatoms. The number of nitrogens with zero attached hydrogens (tertiary/aromatic N) is 2. The Kier molecular flexibility index (Phi) is 19.9. The van der Waals surface area contributed by atoms with Gasteiger partial charge in [0.2, 0.25) is 29.4 Å². The van der Waals surface area contributed by atoms with E-state index in [0.29, 0.717) is 53.6 Å². The number of methoxy groups -OCH3 is 5. The van der Waals surface area contributed by atoms with Gasteiger partial charge in [-0.3, -0.25) is 39.0 Å². The van der Waals surface area contributed by atoms with Crippen molar-refractivity contribution in [1.29, 1.82) is 0 Å². The lowest BCUT2D eigenvalue weighted by Gasteiger charge is -2.37. The zero-order valence-corrected chi connectivity index (χ0v) is 43.5. The highest BCUT2D eigenvalue weighted by atomic mass is 16.5. The molecule has 7 rings (SSSR count). The Balaban J connectivity index is 0.799. The number of nitrogens with one attached hydrogen (secondary N) is 2. The van der Waals surface area contributed by atoms with Crippen LogP contribution in [0.1, 0.15) is 88.3 Å². The fourth-order valence-electron chi connectivity index (χ4n) is 10.1. The molecule has 6 amide bonds. The smallest absolute Gasteiger partial charge is 0.538 e. The molecule has 0 bridgehead atoms. The standard InChI is InChI=1S/C55H66N4O17/c1-68-42-17-15-35(48(51(42)72-5)36-19-21-58(40(31-36)55(66)67)47(62)30-34-28-43(69-2)50(71-4)44(29-34)70-3)11-6-9-33-10-7-12-37(27-33)76-32-46(61)56-20-22-73-23-24-74-25-26-75-41-14-8-13-38-49(41)54(65)59(53(38)64)39-16-18-45(60)57-52(39)63/h7-8,10,12-15,17,28-29,36-37,39-40H,6,9,11,16,18-27,30-32H2,1-5H3,(H,56,61)(H,66,67)(H,57,60,63)/p+1/t36?,37?,39?,40-/m0/s1. The molecule has 408 valence electrons. The second-order valence-corrected chi connectivity index (χ2v) is 18.4. The van der Waals surface area contributed by atoms with E-state index >= 15 is 0 Å². The molecule has 0 spiro atoms. The van der Waals surface area contributed by atoms with E-state index in [-0.39, 0.29) is 119 Å². The molecule has 76 heavy (non-hydrogen) atoms. The molecule has 0 saturated carbocycles. The highest BCUT2D eigenvalue weighted by molar-refractivity contribution is 6.24. The maximum atomic E-state index is 13.8. The Morgan fingerprint density at radius 3 is 2.21 bits per heavy atom. The van der Waals surface area contributed by atoms with E-state index in [9.17, 15) is 33.6 Å². The van der Waals surface area contributed by atoms with Crippen molar-refractivity contribution in [3.8, 4) is 34.5 Å². The van der Waals surface area contributed by atoms with Gasteiger partial charge in [0.05, 0.1) is 85.6 Å². The maximum absolute atomic E-state index is 13.8. The summed E-state index contributed by atoms with van der Waals surface area (Å²) in [5.74, 6) is -1.48. The third kappa shape index (κ3) is 13.5. The van der Waals surface area contributed by atoms with Crippen LogP contribution in [-0.2, 0) is 51.0 Å². The van der Waals surface area contributed by atoms with Gasteiger partial charge in [-0.2, -0.15) is 0 Å². The molecule has 21 nitrogen and oxygen atoms in total. The van der Waals surface area contributed by atoms with Crippen molar-refractivity contribution in [2.24, 2.45) is 0 Å². The molecule has 4 N–H and O–H groups in total. The van der Waals surface area contributed by atoms with Crippen molar-refractivity contribution < 1.29 is 81.3 Å². The lowest BCUT2D eigenvalue weighted by Crippen LogP contribution is -2.54. The van der Waals surface area contributed by atoms with Gasteiger partial charge < -0.3 is 58.0 Å². The van der Waals surface area contributed by atoms with Crippen molar-refractivity contribution in [3.63, 3.8) is 0 Å². The Morgan fingerprint density at radius 1 is 0.789 bits per heavy atom. The quantitative estimate of drug-likeness (QED) is 0.0629. The van der Waals surface area contributed by atoms with Gasteiger partial charge in [-0.1, -0.05) is 35.9 Å². The number of carbonyl (C=O) groups is 7. The van der Waals surface area contributed by atoms with E-state index in [2.05, 4.69) is 16.7 Å². The average molecular weight is 1060 g/mol. The molecule has 3 heterocycles. The number of hydrogen-bond donors (Lipinski definition) is 2. The molecule has 3 aliphatic heterocycles. The number of amides is 6. The molecule has 0 aromatic heterocycles. The monoisotopic (exact) mass is 1060 g/mol. The third-order valence-corrected chi connectivity index (χ3v) is 13.7. The van der Waals surface area contributed by atoms with Crippen LogP contribution < -0.4 is 39.1 Å². The molecule has 3 aromatic carbocycles. The van der Waals surface area contributed by atoms with Gasteiger partial charge in [-0.05, 0) is 92.3 Å². The molecule has 1 aliphatic carbocycles. The summed E-state index contributed by atoms with van der Waals surface area (Å²) in [7, 11) is 7.65. The number of ether oxygens (including phenoxy) is 9. The highest BCUT2D eigenvalue weighted by Gasteiger charge is 2.46. The second kappa shape index (κ2) is 26.8. The molecule has 3 aromatic rings. The minimum absolute atomic E-state index is 0.0235. The Hall–Kier alpha value is -7.49. The lowest BCUT2D eigenvalue weighted by molar-refractivity contribution is -0.152. The number of benzene rings is 3. The van der Waals surface area contributed by atoms with E-state index in [1.54, 1.807) is 38.5 Å². The van der Waals surface area contributed by atoms with Crippen LogP contribution in [-0.4, -0.2) is 163 Å². The molecule has 0 radical (unpaired) electrons. The van der Waals surface area contributed by atoms with E-state index in [1.165, 1.54) is 37.9 Å². The van der Waals surface area contributed by atoms with Crippen LogP contribution in [0.25, 0.3) is 0 Å². The fraction of sp³-hybridized carbons (Fsp3) is 0.473. The minimum Gasteiger partial charge on any atom is -0.563 e. The Labute approximate surface area is 440 Å². The summed E-state index contributed by atoms with van der Waals surface area (Å²) >= 11 is 0. The number of fused-ring (bicyclic) bond motifs is 1. The van der Waals surface area contributed by atoms with Gasteiger partial charge in [-0.15, -0.1) is 0 Å². The summed E-state index contributed by atoms with van der Waals surface area (Å²) < 4.78 is 50.9.